The van der Waals surface area contributed by atoms with Gasteiger partial charge in [-0.15, -0.1) is 0 Å². The highest BCUT2D eigenvalue weighted by atomic mass is 32.2. The highest BCUT2D eigenvalue weighted by Gasteiger charge is 2.28. The van der Waals surface area contributed by atoms with E-state index in [1.165, 1.54) is 12.1 Å². The molecule has 27 heavy (non-hydrogen) atoms. The van der Waals surface area contributed by atoms with Crippen molar-refractivity contribution in [3.63, 3.8) is 0 Å². The van der Waals surface area contributed by atoms with Crippen LogP contribution in [0.25, 0.3) is 0 Å². The van der Waals surface area contributed by atoms with Crippen molar-refractivity contribution in [3.8, 4) is 0 Å². The second-order valence-electron chi connectivity index (χ2n) is 6.90. The van der Waals surface area contributed by atoms with Gasteiger partial charge in [-0.3, -0.25) is 9.36 Å². The van der Waals surface area contributed by atoms with Crippen molar-refractivity contribution < 1.29 is 13.2 Å². The predicted octanol–water partition coefficient (Wildman–Crippen LogP) is 0.943. The number of likely N-dealkylation sites (tertiary alicyclic amines) is 1. The van der Waals surface area contributed by atoms with Crippen LogP contribution in [0.1, 0.15) is 37.1 Å². The summed E-state index contributed by atoms with van der Waals surface area (Å²) < 4.78 is 24.7. The number of aromatic nitrogens is 3. The van der Waals surface area contributed by atoms with Gasteiger partial charge in [0.25, 0.3) is 0 Å². The smallest absolute Gasteiger partial charge is 0.342 e. The topological polar surface area (TPSA) is 105 Å². The molecule has 0 radical (unpaired) electrons. The maximum absolute atomic E-state index is 12.7. The fourth-order valence-corrected chi connectivity index (χ4v) is 4.13. The number of piperidine rings is 1. The quantitative estimate of drug-likeness (QED) is 0.815. The molecule has 1 aliphatic rings. The molecule has 2 heterocycles. The summed E-state index contributed by atoms with van der Waals surface area (Å²) in [5, 5.41) is 6.64. The molecule has 8 nitrogen and oxygen atoms in total. The van der Waals surface area contributed by atoms with Crippen molar-refractivity contribution in [1.82, 2.24) is 19.7 Å². The average molecular weight is 392 g/mol. The van der Waals surface area contributed by atoms with Crippen molar-refractivity contribution in [2.75, 3.05) is 19.3 Å². The number of H-pyrrole nitrogens is 1. The van der Waals surface area contributed by atoms with Gasteiger partial charge in [0.1, 0.15) is 5.82 Å². The first-order chi connectivity index (χ1) is 12.8. The summed E-state index contributed by atoms with van der Waals surface area (Å²) in [6, 6.07) is 6.41. The third kappa shape index (κ3) is 4.29. The predicted molar refractivity (Wildman–Crippen MR) is 100 cm³/mol. The van der Waals surface area contributed by atoms with Crippen LogP contribution in [-0.4, -0.2) is 53.3 Å². The Kier molecular flexibility index (Phi) is 5.50. The van der Waals surface area contributed by atoms with E-state index in [1.54, 1.807) is 21.6 Å². The molecule has 1 saturated heterocycles. The Morgan fingerprint density at radius 3 is 2.63 bits per heavy atom. The minimum Gasteiger partial charge on any atom is -0.342 e. The summed E-state index contributed by atoms with van der Waals surface area (Å²) in [6.45, 7) is 3.65. The molecule has 0 spiro atoms. The molecule has 2 aromatic rings. The molecule has 0 aliphatic carbocycles. The molecule has 9 heteroatoms. The van der Waals surface area contributed by atoms with Gasteiger partial charge in [0.05, 0.1) is 11.3 Å². The Balaban J connectivity index is 1.69. The number of hydrogen-bond acceptors (Lipinski definition) is 5. The van der Waals surface area contributed by atoms with Crippen molar-refractivity contribution in [1.29, 1.82) is 0 Å². The molecule has 1 amide bonds. The third-order valence-corrected chi connectivity index (χ3v) is 6.08. The Labute approximate surface area is 158 Å². The lowest BCUT2D eigenvalue weighted by atomic mass is 9.96. The molecular weight excluding hydrogens is 368 g/mol. The van der Waals surface area contributed by atoms with Gasteiger partial charge in [-0.2, -0.15) is 5.10 Å². The van der Waals surface area contributed by atoms with E-state index in [0.717, 1.165) is 24.7 Å². The van der Waals surface area contributed by atoms with Crippen LogP contribution in [0.15, 0.2) is 34.0 Å². The molecule has 0 saturated carbocycles. The number of nitrogens with one attached hydrogen (secondary N) is 1. The largest absolute Gasteiger partial charge is 0.343 e. The maximum atomic E-state index is 12.7. The van der Waals surface area contributed by atoms with Gasteiger partial charge in [-0.25, -0.2) is 18.3 Å². The lowest BCUT2D eigenvalue weighted by molar-refractivity contribution is -0.131. The summed E-state index contributed by atoms with van der Waals surface area (Å²) in [7, 11) is -3.24. The number of nitrogens with zero attached hydrogens (tertiary/aromatic N) is 3. The zero-order chi connectivity index (χ0) is 19.6. The number of carbonyl (C=O) groups excluding carboxylic acids is 1. The number of hydrogen-bond donors (Lipinski definition) is 1. The highest BCUT2D eigenvalue weighted by Crippen LogP contribution is 2.25. The van der Waals surface area contributed by atoms with E-state index in [4.69, 9.17) is 0 Å². The van der Waals surface area contributed by atoms with E-state index in [2.05, 4.69) is 10.2 Å². The van der Waals surface area contributed by atoms with Gasteiger partial charge < -0.3 is 4.90 Å². The van der Waals surface area contributed by atoms with E-state index >= 15 is 0 Å². The highest BCUT2D eigenvalue weighted by molar-refractivity contribution is 7.90. The summed E-state index contributed by atoms with van der Waals surface area (Å²) in [6.07, 6.45) is 3.12. The van der Waals surface area contributed by atoms with E-state index in [0.29, 0.717) is 25.5 Å². The van der Waals surface area contributed by atoms with Gasteiger partial charge in [0.2, 0.25) is 5.91 Å². The third-order valence-electron chi connectivity index (χ3n) is 4.95. The number of amides is 1. The van der Waals surface area contributed by atoms with E-state index in [9.17, 15) is 18.0 Å². The zero-order valence-electron chi connectivity index (χ0n) is 15.5. The van der Waals surface area contributed by atoms with Gasteiger partial charge in [-0.1, -0.05) is 12.1 Å². The summed E-state index contributed by atoms with van der Waals surface area (Å²) in [4.78, 5) is 26.5. The molecule has 0 bridgehead atoms. The van der Waals surface area contributed by atoms with Crippen molar-refractivity contribution in [2.45, 2.75) is 43.5 Å². The molecular formula is C18H24N4O4S. The van der Waals surface area contributed by atoms with Crippen molar-refractivity contribution in [3.05, 3.63) is 46.1 Å². The normalized spacial score (nSPS) is 17.9. The van der Waals surface area contributed by atoms with Crippen LogP contribution in [0.5, 0.6) is 0 Å². The Hall–Kier alpha value is -2.42. The van der Waals surface area contributed by atoms with Crippen molar-refractivity contribution in [2.24, 2.45) is 0 Å². The SMILES string of the molecule is CCn1c([C@@H]2CCCN(C(=O)Cc3ccc(S(C)(=O)=O)cc3)C2)n[nH]c1=O. The second kappa shape index (κ2) is 7.67. The lowest BCUT2D eigenvalue weighted by Crippen LogP contribution is -2.40. The molecule has 1 atom stereocenters. The summed E-state index contributed by atoms with van der Waals surface area (Å²) in [5.41, 5.74) is 0.557. The second-order valence-corrected chi connectivity index (χ2v) is 8.92. The number of sulfone groups is 1. The first kappa shape index (κ1) is 19.3. The number of carbonyl (C=O) groups is 1. The van der Waals surface area contributed by atoms with E-state index in [-0.39, 0.29) is 28.8 Å². The van der Waals surface area contributed by atoms with Crippen molar-refractivity contribution >= 4 is 15.7 Å². The van der Waals surface area contributed by atoms with Gasteiger partial charge in [-0.05, 0) is 37.5 Å². The summed E-state index contributed by atoms with van der Waals surface area (Å²) in [5.74, 6) is 0.736. The Bertz CT molecular complexity index is 976. The molecule has 1 N–H and O–H groups in total. The van der Waals surface area contributed by atoms with E-state index in [1.807, 2.05) is 6.92 Å². The maximum Gasteiger partial charge on any atom is 0.343 e. The standard InChI is InChI=1S/C18H24N4O4S/c1-3-22-17(19-20-18(22)24)14-5-4-10-21(12-14)16(23)11-13-6-8-15(9-7-13)27(2,25)26/h6-9,14H,3-5,10-12H2,1-2H3,(H,20,24)/t14-/m1/s1. The molecule has 1 aliphatic heterocycles. The number of aromatic amines is 1. The molecule has 0 unspecified atom stereocenters. The van der Waals surface area contributed by atoms with Gasteiger partial charge in [0.15, 0.2) is 9.84 Å². The minimum atomic E-state index is -3.24. The van der Waals surface area contributed by atoms with Gasteiger partial charge >= 0.3 is 5.69 Å². The average Bonchev–Trinajstić information content (AvgIpc) is 3.02. The Morgan fingerprint density at radius 2 is 2.00 bits per heavy atom. The minimum absolute atomic E-state index is 0.00673. The first-order valence-corrected chi connectivity index (χ1v) is 10.9. The summed E-state index contributed by atoms with van der Waals surface area (Å²) >= 11 is 0. The molecule has 3 rings (SSSR count). The molecule has 146 valence electrons. The number of rotatable bonds is 5. The van der Waals surface area contributed by atoms with E-state index < -0.39 is 9.84 Å². The van der Waals surface area contributed by atoms with Crippen LogP contribution in [0.2, 0.25) is 0 Å². The van der Waals surface area contributed by atoms with Crippen LogP contribution in [0.3, 0.4) is 0 Å². The fourth-order valence-electron chi connectivity index (χ4n) is 3.50. The lowest BCUT2D eigenvalue weighted by Gasteiger charge is -2.32. The van der Waals surface area contributed by atoms with Crippen LogP contribution in [0, 0.1) is 0 Å². The first-order valence-electron chi connectivity index (χ1n) is 9.01. The molecule has 1 aromatic heterocycles. The van der Waals surface area contributed by atoms with Crippen LogP contribution in [0.4, 0.5) is 0 Å². The van der Waals surface area contributed by atoms with Crippen LogP contribution >= 0.6 is 0 Å². The number of benzene rings is 1. The molecule has 1 fully saturated rings. The van der Waals surface area contributed by atoms with Gasteiger partial charge in [0, 0.05) is 31.8 Å². The molecule has 1 aromatic carbocycles. The van der Waals surface area contributed by atoms with Crippen LogP contribution < -0.4 is 5.69 Å². The Morgan fingerprint density at radius 1 is 1.30 bits per heavy atom. The van der Waals surface area contributed by atoms with Crippen LogP contribution in [-0.2, 0) is 27.6 Å². The zero-order valence-corrected chi connectivity index (χ0v) is 16.3. The fraction of sp³-hybridized carbons (Fsp3) is 0.500. The monoisotopic (exact) mass is 392 g/mol.